The minimum absolute atomic E-state index is 0.107. The molecule has 0 radical (unpaired) electrons. The van der Waals surface area contributed by atoms with Gasteiger partial charge >= 0.3 is 0 Å². The molecule has 0 saturated carbocycles. The van der Waals surface area contributed by atoms with Crippen molar-refractivity contribution in [3.05, 3.63) is 23.9 Å². The Morgan fingerprint density at radius 2 is 2.21 bits per heavy atom. The van der Waals surface area contributed by atoms with Crippen LogP contribution in [0.5, 0.6) is 5.88 Å². The summed E-state index contributed by atoms with van der Waals surface area (Å²) in [5.41, 5.74) is 1.32. The second kappa shape index (κ2) is 7.49. The first kappa shape index (κ1) is 17.2. The fourth-order valence-electron chi connectivity index (χ4n) is 3.81. The van der Waals surface area contributed by atoms with E-state index in [1.165, 1.54) is 5.56 Å². The zero-order valence-electron chi connectivity index (χ0n) is 14.8. The van der Waals surface area contributed by atoms with E-state index in [2.05, 4.69) is 33.2 Å². The molecule has 0 bridgehead atoms. The van der Waals surface area contributed by atoms with Crippen molar-refractivity contribution in [3.63, 3.8) is 0 Å². The number of aromatic nitrogens is 1. The SMILES string of the molecule is CCOc1ccc(CN2CCN(C)C3(CCNC(=O)CC3)C2)cn1. The molecular weight excluding hydrogens is 304 g/mol. The van der Waals surface area contributed by atoms with E-state index in [1.807, 2.05) is 19.2 Å². The van der Waals surface area contributed by atoms with Gasteiger partial charge in [0.2, 0.25) is 11.8 Å². The van der Waals surface area contributed by atoms with Crippen LogP contribution in [0, 0.1) is 0 Å². The molecule has 6 heteroatoms. The lowest BCUT2D eigenvalue weighted by molar-refractivity contribution is -0.121. The number of hydrogen-bond acceptors (Lipinski definition) is 5. The lowest BCUT2D eigenvalue weighted by atomic mass is 9.86. The summed E-state index contributed by atoms with van der Waals surface area (Å²) in [5, 5.41) is 3.01. The minimum atomic E-state index is 0.107. The third kappa shape index (κ3) is 3.87. The zero-order valence-corrected chi connectivity index (χ0v) is 14.8. The molecule has 2 aliphatic heterocycles. The van der Waals surface area contributed by atoms with Gasteiger partial charge in [0, 0.05) is 56.9 Å². The molecule has 0 aromatic carbocycles. The van der Waals surface area contributed by atoms with E-state index >= 15 is 0 Å². The number of nitrogens with one attached hydrogen (secondary N) is 1. The molecule has 1 atom stereocenters. The molecule has 1 amide bonds. The Morgan fingerprint density at radius 1 is 1.33 bits per heavy atom. The van der Waals surface area contributed by atoms with Gasteiger partial charge in [-0.05, 0) is 32.4 Å². The maximum Gasteiger partial charge on any atom is 0.220 e. The van der Waals surface area contributed by atoms with Crippen molar-refractivity contribution in [1.29, 1.82) is 0 Å². The number of nitrogens with zero attached hydrogens (tertiary/aromatic N) is 3. The number of hydrogen-bond donors (Lipinski definition) is 1. The van der Waals surface area contributed by atoms with Crippen molar-refractivity contribution in [3.8, 4) is 5.88 Å². The van der Waals surface area contributed by atoms with Crippen LogP contribution in [0.25, 0.3) is 0 Å². The van der Waals surface area contributed by atoms with Gasteiger partial charge in [0.15, 0.2) is 0 Å². The third-order valence-electron chi connectivity index (χ3n) is 5.31. The van der Waals surface area contributed by atoms with Gasteiger partial charge in [-0.15, -0.1) is 0 Å². The lowest BCUT2D eigenvalue weighted by Crippen LogP contribution is -2.60. The highest BCUT2D eigenvalue weighted by Crippen LogP contribution is 2.31. The van der Waals surface area contributed by atoms with Crippen LogP contribution in [0.4, 0.5) is 0 Å². The van der Waals surface area contributed by atoms with Gasteiger partial charge in [0.25, 0.3) is 0 Å². The molecule has 2 fully saturated rings. The monoisotopic (exact) mass is 332 g/mol. The minimum Gasteiger partial charge on any atom is -0.478 e. The second-order valence-electron chi connectivity index (χ2n) is 6.89. The van der Waals surface area contributed by atoms with Crippen LogP contribution in [0.1, 0.15) is 31.7 Å². The first-order valence-corrected chi connectivity index (χ1v) is 8.89. The summed E-state index contributed by atoms with van der Waals surface area (Å²) < 4.78 is 5.41. The van der Waals surface area contributed by atoms with E-state index in [9.17, 15) is 4.79 Å². The highest BCUT2D eigenvalue weighted by molar-refractivity contribution is 5.76. The predicted octanol–water partition coefficient (Wildman–Crippen LogP) is 1.27. The topological polar surface area (TPSA) is 57.7 Å². The number of rotatable bonds is 4. The zero-order chi connectivity index (χ0) is 17.0. The molecule has 1 aromatic heterocycles. The molecule has 24 heavy (non-hydrogen) atoms. The van der Waals surface area contributed by atoms with Crippen LogP contribution < -0.4 is 10.1 Å². The summed E-state index contributed by atoms with van der Waals surface area (Å²) in [7, 11) is 2.20. The van der Waals surface area contributed by atoms with E-state index in [-0.39, 0.29) is 11.4 Å². The Kier molecular flexibility index (Phi) is 5.36. The fraction of sp³-hybridized carbons (Fsp3) is 0.667. The van der Waals surface area contributed by atoms with Crippen LogP contribution in [0.2, 0.25) is 0 Å². The highest BCUT2D eigenvalue weighted by Gasteiger charge is 2.40. The van der Waals surface area contributed by atoms with Gasteiger partial charge in [0.1, 0.15) is 0 Å². The summed E-state index contributed by atoms with van der Waals surface area (Å²) in [6.07, 6.45) is 4.50. The molecule has 1 aromatic rings. The fourth-order valence-corrected chi connectivity index (χ4v) is 3.81. The number of piperazine rings is 1. The third-order valence-corrected chi connectivity index (χ3v) is 5.31. The largest absolute Gasteiger partial charge is 0.478 e. The van der Waals surface area contributed by atoms with Crippen LogP contribution in [0.3, 0.4) is 0 Å². The Morgan fingerprint density at radius 3 is 2.96 bits per heavy atom. The number of ether oxygens (including phenoxy) is 1. The Bertz CT molecular complexity index is 563. The summed E-state index contributed by atoms with van der Waals surface area (Å²) in [6.45, 7) is 7.38. The molecule has 1 spiro atoms. The molecule has 3 heterocycles. The number of amides is 1. The predicted molar refractivity (Wildman–Crippen MR) is 92.9 cm³/mol. The summed E-state index contributed by atoms with van der Waals surface area (Å²) >= 11 is 0. The van der Waals surface area contributed by atoms with Crippen molar-refractivity contribution in [2.45, 2.75) is 38.3 Å². The lowest BCUT2D eigenvalue weighted by Gasteiger charge is -2.49. The maximum absolute atomic E-state index is 11.7. The second-order valence-corrected chi connectivity index (χ2v) is 6.89. The highest BCUT2D eigenvalue weighted by atomic mass is 16.5. The van der Waals surface area contributed by atoms with Crippen molar-refractivity contribution in [2.24, 2.45) is 0 Å². The van der Waals surface area contributed by atoms with Crippen molar-refractivity contribution in [2.75, 3.05) is 39.8 Å². The van der Waals surface area contributed by atoms with Crippen LogP contribution in [-0.4, -0.2) is 66.1 Å². The van der Waals surface area contributed by atoms with Gasteiger partial charge in [-0.3, -0.25) is 14.6 Å². The molecule has 2 saturated heterocycles. The molecule has 132 valence electrons. The summed E-state index contributed by atoms with van der Waals surface area (Å²) in [5.74, 6) is 0.873. The molecule has 1 N–H and O–H groups in total. The van der Waals surface area contributed by atoms with E-state index in [0.29, 0.717) is 18.9 Å². The van der Waals surface area contributed by atoms with Crippen molar-refractivity contribution < 1.29 is 9.53 Å². The van der Waals surface area contributed by atoms with Gasteiger partial charge < -0.3 is 10.1 Å². The van der Waals surface area contributed by atoms with Gasteiger partial charge in [-0.25, -0.2) is 4.98 Å². The van der Waals surface area contributed by atoms with E-state index in [1.54, 1.807) is 0 Å². The van der Waals surface area contributed by atoms with Gasteiger partial charge in [-0.1, -0.05) is 6.07 Å². The smallest absolute Gasteiger partial charge is 0.220 e. The average molecular weight is 332 g/mol. The van der Waals surface area contributed by atoms with E-state index in [0.717, 1.165) is 45.6 Å². The number of likely N-dealkylation sites (N-methyl/N-ethyl adjacent to an activating group) is 1. The Balaban J connectivity index is 1.65. The van der Waals surface area contributed by atoms with Crippen molar-refractivity contribution >= 4 is 5.91 Å². The van der Waals surface area contributed by atoms with Crippen LogP contribution in [0.15, 0.2) is 18.3 Å². The van der Waals surface area contributed by atoms with E-state index < -0.39 is 0 Å². The van der Waals surface area contributed by atoms with Gasteiger partial charge in [0.05, 0.1) is 6.61 Å². The standard InChI is InChI=1S/C18H28N4O2/c1-3-24-17-5-4-15(12-20-17)13-22-11-10-21(2)18(14-22)7-6-16(23)19-9-8-18/h4-5,12H,3,6-11,13-14H2,1-2H3,(H,19,23). The van der Waals surface area contributed by atoms with Crippen molar-refractivity contribution in [1.82, 2.24) is 20.1 Å². The van der Waals surface area contributed by atoms with Crippen LogP contribution >= 0.6 is 0 Å². The first-order chi connectivity index (χ1) is 11.6. The Hall–Kier alpha value is -1.66. The molecule has 6 nitrogen and oxygen atoms in total. The van der Waals surface area contributed by atoms with Gasteiger partial charge in [-0.2, -0.15) is 0 Å². The first-order valence-electron chi connectivity index (χ1n) is 8.89. The molecule has 1 unspecified atom stereocenters. The number of carbonyl (C=O) groups excluding carboxylic acids is 1. The maximum atomic E-state index is 11.7. The number of carbonyl (C=O) groups is 1. The summed E-state index contributed by atoms with van der Waals surface area (Å²) in [4.78, 5) is 21.0. The molecule has 0 aliphatic carbocycles. The number of pyridine rings is 1. The average Bonchev–Trinajstić information content (AvgIpc) is 2.76. The normalized spacial score (nSPS) is 26.2. The summed E-state index contributed by atoms with van der Waals surface area (Å²) in [6, 6.07) is 4.04. The Labute approximate surface area is 144 Å². The van der Waals surface area contributed by atoms with E-state index in [4.69, 9.17) is 4.74 Å². The quantitative estimate of drug-likeness (QED) is 0.900. The molecule has 2 aliphatic rings. The molecular formula is C18H28N4O2. The molecule has 3 rings (SSSR count). The van der Waals surface area contributed by atoms with Crippen LogP contribution in [-0.2, 0) is 11.3 Å².